The maximum absolute atomic E-state index is 13.5. The standard InChI is InChI=1S/C22H23FN2O3/c23-19-8-6-18(7-9-19)20-22(21(26)27,12-16-4-2-1-3-5-16)24-15-25(20)13-17-10-11-28-14-17/h1-9,15,17,20H,10-14H2,(H,26,27). The predicted molar refractivity (Wildman–Crippen MR) is 104 cm³/mol. The Morgan fingerprint density at radius 1 is 1.21 bits per heavy atom. The molecule has 1 saturated heterocycles. The molecule has 28 heavy (non-hydrogen) atoms. The maximum atomic E-state index is 13.5. The zero-order valence-corrected chi connectivity index (χ0v) is 15.5. The van der Waals surface area contributed by atoms with E-state index in [4.69, 9.17) is 4.74 Å². The fraction of sp³-hybridized carbons (Fsp3) is 0.364. The third kappa shape index (κ3) is 3.52. The Morgan fingerprint density at radius 3 is 2.61 bits per heavy atom. The van der Waals surface area contributed by atoms with Crippen molar-refractivity contribution in [1.29, 1.82) is 0 Å². The van der Waals surface area contributed by atoms with Crippen LogP contribution in [0.5, 0.6) is 0 Å². The number of hydrogen-bond donors (Lipinski definition) is 1. The Bertz CT molecular complexity index is 850. The topological polar surface area (TPSA) is 62.1 Å². The number of aliphatic carboxylic acids is 1. The highest BCUT2D eigenvalue weighted by atomic mass is 19.1. The monoisotopic (exact) mass is 382 g/mol. The Balaban J connectivity index is 1.72. The Morgan fingerprint density at radius 2 is 1.96 bits per heavy atom. The van der Waals surface area contributed by atoms with Crippen LogP contribution >= 0.6 is 0 Å². The van der Waals surface area contributed by atoms with Gasteiger partial charge in [0.15, 0.2) is 5.54 Å². The van der Waals surface area contributed by atoms with Crippen molar-refractivity contribution >= 4 is 12.3 Å². The van der Waals surface area contributed by atoms with Crippen LogP contribution in [0.15, 0.2) is 59.6 Å². The van der Waals surface area contributed by atoms with E-state index in [-0.39, 0.29) is 12.2 Å². The lowest BCUT2D eigenvalue weighted by Crippen LogP contribution is -2.47. The quantitative estimate of drug-likeness (QED) is 0.833. The molecule has 2 aliphatic heterocycles. The summed E-state index contributed by atoms with van der Waals surface area (Å²) < 4.78 is 19.0. The summed E-state index contributed by atoms with van der Waals surface area (Å²) in [6, 6.07) is 15.1. The van der Waals surface area contributed by atoms with E-state index < -0.39 is 17.6 Å². The van der Waals surface area contributed by atoms with Gasteiger partial charge in [0.25, 0.3) is 0 Å². The second-order valence-electron chi connectivity index (χ2n) is 7.52. The number of aliphatic imine (C=N–C) groups is 1. The van der Waals surface area contributed by atoms with Crippen molar-refractivity contribution in [3.8, 4) is 0 Å². The molecule has 2 heterocycles. The van der Waals surface area contributed by atoms with Crippen molar-refractivity contribution in [2.24, 2.45) is 10.9 Å². The molecule has 2 aliphatic rings. The van der Waals surface area contributed by atoms with Gasteiger partial charge in [-0.05, 0) is 29.7 Å². The van der Waals surface area contributed by atoms with Crippen molar-refractivity contribution in [3.05, 3.63) is 71.5 Å². The lowest BCUT2D eigenvalue weighted by molar-refractivity contribution is -0.144. The Kier molecular flexibility index (Phi) is 5.13. The van der Waals surface area contributed by atoms with Gasteiger partial charge in [0, 0.05) is 25.5 Å². The molecule has 3 unspecified atom stereocenters. The molecule has 0 bridgehead atoms. The van der Waals surface area contributed by atoms with Crippen LogP contribution in [0.25, 0.3) is 0 Å². The van der Waals surface area contributed by atoms with Crippen molar-refractivity contribution in [2.45, 2.75) is 24.4 Å². The zero-order valence-electron chi connectivity index (χ0n) is 15.5. The highest BCUT2D eigenvalue weighted by Gasteiger charge is 2.52. The maximum Gasteiger partial charge on any atom is 0.334 e. The summed E-state index contributed by atoms with van der Waals surface area (Å²) in [7, 11) is 0. The number of benzene rings is 2. The van der Waals surface area contributed by atoms with Crippen LogP contribution in [0.4, 0.5) is 4.39 Å². The van der Waals surface area contributed by atoms with Gasteiger partial charge in [-0.15, -0.1) is 0 Å². The molecule has 0 aromatic heterocycles. The van der Waals surface area contributed by atoms with Crippen LogP contribution in [0.3, 0.4) is 0 Å². The molecule has 0 saturated carbocycles. The van der Waals surface area contributed by atoms with Crippen LogP contribution in [0, 0.1) is 11.7 Å². The lowest BCUT2D eigenvalue weighted by Gasteiger charge is -2.36. The molecule has 4 rings (SSSR count). The number of halogens is 1. The molecule has 0 spiro atoms. The first-order valence-electron chi connectivity index (χ1n) is 9.50. The van der Waals surface area contributed by atoms with E-state index in [1.54, 1.807) is 18.5 Å². The van der Waals surface area contributed by atoms with Gasteiger partial charge < -0.3 is 14.7 Å². The van der Waals surface area contributed by atoms with Crippen molar-refractivity contribution in [3.63, 3.8) is 0 Å². The largest absolute Gasteiger partial charge is 0.479 e. The molecule has 3 atom stereocenters. The number of nitrogens with zero attached hydrogens (tertiary/aromatic N) is 2. The van der Waals surface area contributed by atoms with E-state index >= 15 is 0 Å². The summed E-state index contributed by atoms with van der Waals surface area (Å²) in [5.41, 5.74) is 0.287. The summed E-state index contributed by atoms with van der Waals surface area (Å²) >= 11 is 0. The summed E-state index contributed by atoms with van der Waals surface area (Å²) in [6.07, 6.45) is 2.86. The number of carboxylic acid groups (broad SMARTS) is 1. The molecule has 0 radical (unpaired) electrons. The van der Waals surface area contributed by atoms with E-state index in [1.807, 2.05) is 35.2 Å². The molecule has 1 fully saturated rings. The second-order valence-corrected chi connectivity index (χ2v) is 7.52. The van der Waals surface area contributed by atoms with E-state index in [1.165, 1.54) is 12.1 Å². The van der Waals surface area contributed by atoms with Gasteiger partial charge in [-0.2, -0.15) is 0 Å². The van der Waals surface area contributed by atoms with E-state index in [0.29, 0.717) is 19.1 Å². The third-order valence-corrected chi connectivity index (χ3v) is 5.59. The minimum Gasteiger partial charge on any atom is -0.479 e. The number of carbonyl (C=O) groups is 1. The first-order valence-corrected chi connectivity index (χ1v) is 9.50. The normalized spacial score (nSPS) is 26.7. The van der Waals surface area contributed by atoms with Crippen molar-refractivity contribution in [2.75, 3.05) is 19.8 Å². The fourth-order valence-corrected chi connectivity index (χ4v) is 4.18. The summed E-state index contributed by atoms with van der Waals surface area (Å²) in [4.78, 5) is 19.0. The minimum atomic E-state index is -1.36. The molecular formula is C22H23FN2O3. The van der Waals surface area contributed by atoms with Crippen molar-refractivity contribution < 1.29 is 19.0 Å². The van der Waals surface area contributed by atoms with Gasteiger partial charge in [-0.25, -0.2) is 9.18 Å². The van der Waals surface area contributed by atoms with Crippen LogP contribution in [0.1, 0.15) is 23.6 Å². The van der Waals surface area contributed by atoms with E-state index in [0.717, 1.165) is 24.2 Å². The molecule has 0 aliphatic carbocycles. The van der Waals surface area contributed by atoms with E-state index in [9.17, 15) is 14.3 Å². The molecular weight excluding hydrogens is 359 g/mol. The fourth-order valence-electron chi connectivity index (χ4n) is 4.18. The smallest absolute Gasteiger partial charge is 0.334 e. The van der Waals surface area contributed by atoms with Gasteiger partial charge in [0.1, 0.15) is 5.82 Å². The second kappa shape index (κ2) is 7.72. The van der Waals surface area contributed by atoms with Gasteiger partial charge in [-0.1, -0.05) is 42.5 Å². The summed E-state index contributed by atoms with van der Waals surface area (Å²) in [5, 5.41) is 10.3. The summed E-state index contributed by atoms with van der Waals surface area (Å²) in [6.45, 7) is 2.06. The number of ether oxygens (including phenoxy) is 1. The first-order chi connectivity index (χ1) is 13.6. The molecule has 0 amide bonds. The molecule has 2 aromatic carbocycles. The molecule has 6 heteroatoms. The van der Waals surface area contributed by atoms with Crippen LogP contribution < -0.4 is 0 Å². The highest BCUT2D eigenvalue weighted by molar-refractivity contribution is 5.86. The van der Waals surface area contributed by atoms with Crippen LogP contribution in [-0.4, -0.2) is 47.6 Å². The first kappa shape index (κ1) is 18.6. The Hall–Kier alpha value is -2.73. The summed E-state index contributed by atoms with van der Waals surface area (Å²) in [5.74, 6) is -0.995. The zero-order chi connectivity index (χ0) is 19.6. The van der Waals surface area contributed by atoms with E-state index in [2.05, 4.69) is 4.99 Å². The van der Waals surface area contributed by atoms with Gasteiger partial charge in [0.05, 0.1) is 19.0 Å². The number of carboxylic acids is 1. The van der Waals surface area contributed by atoms with Crippen molar-refractivity contribution in [1.82, 2.24) is 4.90 Å². The molecule has 5 nitrogen and oxygen atoms in total. The average Bonchev–Trinajstić information content (AvgIpc) is 3.33. The Labute approximate surface area is 163 Å². The van der Waals surface area contributed by atoms with Gasteiger partial charge in [0.2, 0.25) is 0 Å². The molecule has 146 valence electrons. The van der Waals surface area contributed by atoms with Gasteiger partial charge in [-0.3, -0.25) is 4.99 Å². The molecule has 2 aromatic rings. The third-order valence-electron chi connectivity index (χ3n) is 5.59. The van der Waals surface area contributed by atoms with Crippen LogP contribution in [-0.2, 0) is 16.0 Å². The average molecular weight is 382 g/mol. The number of rotatable bonds is 6. The van der Waals surface area contributed by atoms with Gasteiger partial charge >= 0.3 is 5.97 Å². The lowest BCUT2D eigenvalue weighted by atomic mass is 9.80. The molecule has 1 N–H and O–H groups in total. The minimum absolute atomic E-state index is 0.263. The predicted octanol–water partition coefficient (Wildman–Crippen LogP) is 3.31. The number of hydrogen-bond acceptors (Lipinski definition) is 4. The highest BCUT2D eigenvalue weighted by Crippen LogP contribution is 2.42. The SMILES string of the molecule is O=C(O)C1(Cc2ccccc2)N=CN(CC2CCOC2)C1c1ccc(F)cc1. The van der Waals surface area contributed by atoms with Crippen LogP contribution in [0.2, 0.25) is 0 Å².